The van der Waals surface area contributed by atoms with Gasteiger partial charge in [0.15, 0.2) is 5.78 Å². The summed E-state index contributed by atoms with van der Waals surface area (Å²) in [6.07, 6.45) is 8.68. The first kappa shape index (κ1) is 11.8. The fourth-order valence-electron chi connectivity index (χ4n) is 2.62. The Morgan fingerprint density at radius 2 is 2.12 bits per heavy atom. The number of carbonyl (C=O) groups is 1. The predicted molar refractivity (Wildman–Crippen MR) is 69.2 cm³/mol. The first-order chi connectivity index (χ1) is 7.77. The van der Waals surface area contributed by atoms with Crippen LogP contribution < -0.4 is 0 Å². The second kappa shape index (κ2) is 5.62. The molecule has 1 aromatic heterocycles. The van der Waals surface area contributed by atoms with Crippen LogP contribution in [0.2, 0.25) is 0 Å². The normalized spacial score (nSPS) is 17.6. The van der Waals surface area contributed by atoms with E-state index in [1.165, 1.54) is 37.0 Å². The summed E-state index contributed by atoms with van der Waals surface area (Å²) in [4.78, 5) is 13.2. The second-order valence-corrected chi connectivity index (χ2v) is 5.98. The van der Waals surface area contributed by atoms with Crippen LogP contribution in [0.1, 0.15) is 60.2 Å². The molecule has 1 saturated carbocycles. The van der Waals surface area contributed by atoms with Crippen molar-refractivity contribution < 1.29 is 4.79 Å². The van der Waals surface area contributed by atoms with Crippen molar-refractivity contribution in [1.82, 2.24) is 0 Å². The maximum Gasteiger partial charge on any atom is 0.163 e. The predicted octanol–water partition coefficient (Wildman–Crippen LogP) is 4.60. The number of ketones is 1. The molecule has 0 unspecified atom stereocenters. The summed E-state index contributed by atoms with van der Waals surface area (Å²) >= 11 is 1.67. The van der Waals surface area contributed by atoms with Crippen LogP contribution in [0.25, 0.3) is 0 Å². The van der Waals surface area contributed by atoms with Crippen molar-refractivity contribution in [3.05, 3.63) is 21.9 Å². The van der Waals surface area contributed by atoms with Gasteiger partial charge >= 0.3 is 0 Å². The molecule has 1 fully saturated rings. The molecule has 0 spiro atoms. The quantitative estimate of drug-likeness (QED) is 0.698. The molecular weight excluding hydrogens is 216 g/mol. The van der Waals surface area contributed by atoms with E-state index in [0.717, 1.165) is 24.3 Å². The van der Waals surface area contributed by atoms with Crippen LogP contribution >= 0.6 is 11.3 Å². The van der Waals surface area contributed by atoms with E-state index in [0.29, 0.717) is 5.78 Å². The van der Waals surface area contributed by atoms with Gasteiger partial charge in [0.2, 0.25) is 0 Å². The van der Waals surface area contributed by atoms with Gasteiger partial charge in [-0.1, -0.05) is 32.1 Å². The summed E-state index contributed by atoms with van der Waals surface area (Å²) in [6.45, 7) is 2.04. The number of thiophene rings is 1. The Hall–Kier alpha value is -0.630. The largest absolute Gasteiger partial charge is 0.294 e. The van der Waals surface area contributed by atoms with Crippen molar-refractivity contribution in [1.29, 1.82) is 0 Å². The lowest BCUT2D eigenvalue weighted by Crippen LogP contribution is -2.09. The van der Waals surface area contributed by atoms with Crippen LogP contribution in [-0.4, -0.2) is 5.78 Å². The zero-order valence-corrected chi connectivity index (χ0v) is 10.8. The second-order valence-electron chi connectivity index (χ2n) is 4.86. The zero-order chi connectivity index (χ0) is 11.4. The summed E-state index contributed by atoms with van der Waals surface area (Å²) in [5.74, 6) is 1.17. The topological polar surface area (TPSA) is 17.1 Å². The Morgan fingerprint density at radius 3 is 2.75 bits per heavy atom. The highest BCUT2D eigenvalue weighted by Gasteiger charge is 2.16. The fourth-order valence-corrected chi connectivity index (χ4v) is 3.34. The van der Waals surface area contributed by atoms with E-state index in [-0.39, 0.29) is 0 Å². The van der Waals surface area contributed by atoms with Crippen molar-refractivity contribution in [2.24, 2.45) is 5.92 Å². The summed E-state index contributed by atoms with van der Waals surface area (Å²) in [5.41, 5.74) is 0.959. The lowest BCUT2D eigenvalue weighted by molar-refractivity contribution is 0.0970. The Kier molecular flexibility index (Phi) is 4.16. The van der Waals surface area contributed by atoms with Gasteiger partial charge in [-0.15, -0.1) is 11.3 Å². The minimum absolute atomic E-state index is 0.351. The number of carbonyl (C=O) groups excluding carboxylic acids is 1. The van der Waals surface area contributed by atoms with Crippen molar-refractivity contribution in [2.45, 2.75) is 51.9 Å². The lowest BCUT2D eigenvalue weighted by Gasteiger charge is -2.20. The third kappa shape index (κ3) is 2.94. The maximum atomic E-state index is 12.0. The molecule has 1 nitrogen and oxygen atoms in total. The van der Waals surface area contributed by atoms with Crippen molar-refractivity contribution in [3.8, 4) is 0 Å². The fraction of sp³-hybridized carbons (Fsp3) is 0.643. The molecule has 0 N–H and O–H groups in total. The molecule has 0 bridgehead atoms. The molecule has 1 heterocycles. The number of hydrogen-bond donors (Lipinski definition) is 0. The molecule has 1 aliphatic rings. The average molecular weight is 236 g/mol. The van der Waals surface area contributed by atoms with E-state index in [2.05, 4.69) is 0 Å². The first-order valence-corrected chi connectivity index (χ1v) is 7.22. The van der Waals surface area contributed by atoms with Gasteiger partial charge < -0.3 is 0 Å². The van der Waals surface area contributed by atoms with E-state index in [1.54, 1.807) is 11.3 Å². The standard InChI is InChI=1S/C14H20OS/c1-11-13(9-10-16-11)14(15)8-7-12-5-3-2-4-6-12/h9-10,12H,2-8H2,1H3. The molecule has 0 amide bonds. The third-order valence-corrected chi connectivity index (χ3v) is 4.51. The minimum Gasteiger partial charge on any atom is -0.294 e. The van der Waals surface area contributed by atoms with Crippen LogP contribution in [0.5, 0.6) is 0 Å². The highest BCUT2D eigenvalue weighted by molar-refractivity contribution is 7.10. The van der Waals surface area contributed by atoms with Gasteiger partial charge in [0.05, 0.1) is 0 Å². The number of hydrogen-bond acceptors (Lipinski definition) is 2. The smallest absolute Gasteiger partial charge is 0.163 e. The lowest BCUT2D eigenvalue weighted by atomic mass is 9.85. The molecule has 0 aliphatic heterocycles. The maximum absolute atomic E-state index is 12.0. The molecule has 0 aromatic carbocycles. The van der Waals surface area contributed by atoms with E-state index in [4.69, 9.17) is 0 Å². The van der Waals surface area contributed by atoms with E-state index < -0.39 is 0 Å². The number of Topliss-reactive ketones (excluding diaryl/α,β-unsaturated/α-hetero) is 1. The van der Waals surface area contributed by atoms with E-state index in [1.807, 2.05) is 18.4 Å². The molecular formula is C14H20OS. The summed E-state index contributed by atoms with van der Waals surface area (Å²) < 4.78 is 0. The summed E-state index contributed by atoms with van der Waals surface area (Å²) in [5, 5.41) is 2.02. The van der Waals surface area contributed by atoms with Crippen molar-refractivity contribution in [3.63, 3.8) is 0 Å². The van der Waals surface area contributed by atoms with E-state index >= 15 is 0 Å². The number of rotatable bonds is 4. The monoisotopic (exact) mass is 236 g/mol. The van der Waals surface area contributed by atoms with Crippen LogP contribution in [0, 0.1) is 12.8 Å². The molecule has 0 atom stereocenters. The molecule has 16 heavy (non-hydrogen) atoms. The highest BCUT2D eigenvalue weighted by Crippen LogP contribution is 2.28. The molecule has 1 aliphatic carbocycles. The van der Waals surface area contributed by atoms with Crippen LogP contribution in [0.4, 0.5) is 0 Å². The average Bonchev–Trinajstić information content (AvgIpc) is 2.74. The Morgan fingerprint density at radius 1 is 1.38 bits per heavy atom. The summed E-state index contributed by atoms with van der Waals surface area (Å²) in [6, 6.07) is 1.98. The third-order valence-electron chi connectivity index (χ3n) is 3.66. The molecule has 2 heteroatoms. The SMILES string of the molecule is Cc1sccc1C(=O)CCC1CCCCC1. The van der Waals surface area contributed by atoms with Crippen LogP contribution in [0.3, 0.4) is 0 Å². The Labute approximate surface area is 102 Å². The van der Waals surface area contributed by atoms with Crippen molar-refractivity contribution in [2.75, 3.05) is 0 Å². The van der Waals surface area contributed by atoms with Gasteiger partial charge in [-0.2, -0.15) is 0 Å². The molecule has 0 radical (unpaired) electrons. The molecule has 88 valence electrons. The highest BCUT2D eigenvalue weighted by atomic mass is 32.1. The zero-order valence-electron chi connectivity index (χ0n) is 10.00. The molecule has 1 aromatic rings. The molecule has 0 saturated heterocycles. The van der Waals surface area contributed by atoms with E-state index in [9.17, 15) is 4.79 Å². The van der Waals surface area contributed by atoms with Crippen LogP contribution in [-0.2, 0) is 0 Å². The Bertz CT molecular complexity index is 347. The van der Waals surface area contributed by atoms with Crippen molar-refractivity contribution >= 4 is 17.1 Å². The Balaban J connectivity index is 1.81. The van der Waals surface area contributed by atoms with Gasteiger partial charge in [0.25, 0.3) is 0 Å². The van der Waals surface area contributed by atoms with Gasteiger partial charge in [0.1, 0.15) is 0 Å². The first-order valence-electron chi connectivity index (χ1n) is 6.34. The molecule has 2 rings (SSSR count). The van der Waals surface area contributed by atoms with Crippen LogP contribution in [0.15, 0.2) is 11.4 Å². The van der Waals surface area contributed by atoms with Gasteiger partial charge in [0, 0.05) is 16.9 Å². The minimum atomic E-state index is 0.351. The van der Waals surface area contributed by atoms with Gasteiger partial charge in [-0.25, -0.2) is 0 Å². The number of aryl methyl sites for hydroxylation is 1. The summed E-state index contributed by atoms with van der Waals surface area (Å²) in [7, 11) is 0. The van der Waals surface area contributed by atoms with Gasteiger partial charge in [-0.3, -0.25) is 4.79 Å². The van der Waals surface area contributed by atoms with Gasteiger partial charge in [-0.05, 0) is 30.7 Å².